The summed E-state index contributed by atoms with van der Waals surface area (Å²) >= 11 is 1.75. The van der Waals surface area contributed by atoms with E-state index in [0.717, 1.165) is 11.3 Å². The summed E-state index contributed by atoms with van der Waals surface area (Å²) in [5.41, 5.74) is 12.3. The highest BCUT2D eigenvalue weighted by Crippen LogP contribution is 2.21. The first-order valence-electron chi connectivity index (χ1n) is 5.51. The minimum atomic E-state index is -1.02. The van der Waals surface area contributed by atoms with Gasteiger partial charge in [0.15, 0.2) is 0 Å². The molecule has 0 spiro atoms. The van der Waals surface area contributed by atoms with Crippen LogP contribution in [0.2, 0.25) is 0 Å². The van der Waals surface area contributed by atoms with Gasteiger partial charge in [-0.05, 0) is 29.9 Å². The summed E-state index contributed by atoms with van der Waals surface area (Å²) in [4.78, 5) is 11.8. The summed E-state index contributed by atoms with van der Waals surface area (Å²) < 4.78 is 0. The highest BCUT2D eigenvalue weighted by molar-refractivity contribution is 7.99. The Morgan fingerprint density at radius 1 is 1.35 bits per heavy atom. The minimum Gasteiger partial charge on any atom is -0.480 e. The summed E-state index contributed by atoms with van der Waals surface area (Å²) in [7, 11) is 0. The number of carboxylic acid groups (broad SMARTS) is 1. The van der Waals surface area contributed by atoms with Crippen molar-refractivity contribution in [1.29, 1.82) is 0 Å². The molecular formula is C12H18N2O2S. The fraction of sp³-hybridized carbons (Fsp3) is 0.417. The van der Waals surface area contributed by atoms with Crippen molar-refractivity contribution in [1.82, 2.24) is 0 Å². The molecule has 1 rings (SSSR count). The zero-order valence-electron chi connectivity index (χ0n) is 9.80. The molecule has 0 aromatic heterocycles. The molecule has 5 heteroatoms. The van der Waals surface area contributed by atoms with Gasteiger partial charge in [0, 0.05) is 10.9 Å². The van der Waals surface area contributed by atoms with Gasteiger partial charge in [0.1, 0.15) is 6.04 Å². The van der Waals surface area contributed by atoms with Crippen LogP contribution in [0.4, 0.5) is 0 Å². The van der Waals surface area contributed by atoms with Crippen molar-refractivity contribution in [3.8, 4) is 0 Å². The highest BCUT2D eigenvalue weighted by Gasteiger charge is 2.16. The van der Waals surface area contributed by atoms with Crippen LogP contribution in [0.25, 0.3) is 0 Å². The molecule has 0 amide bonds. The second kappa shape index (κ2) is 6.64. The third kappa shape index (κ3) is 4.38. The summed E-state index contributed by atoms with van der Waals surface area (Å²) in [6.45, 7) is 2.09. The maximum absolute atomic E-state index is 10.6. The van der Waals surface area contributed by atoms with Crippen molar-refractivity contribution < 1.29 is 9.90 Å². The Hall–Kier alpha value is -1.04. The van der Waals surface area contributed by atoms with Crippen molar-refractivity contribution >= 4 is 17.7 Å². The lowest BCUT2D eigenvalue weighted by molar-refractivity contribution is -0.138. The molecular weight excluding hydrogens is 236 g/mol. The molecule has 0 radical (unpaired) electrons. The number of aliphatic carboxylic acids is 1. The zero-order chi connectivity index (χ0) is 12.8. The van der Waals surface area contributed by atoms with Crippen LogP contribution >= 0.6 is 11.8 Å². The summed E-state index contributed by atoms with van der Waals surface area (Å²) in [5.74, 6) is 0.00793. The second-order valence-electron chi connectivity index (χ2n) is 3.79. The van der Waals surface area contributed by atoms with Crippen LogP contribution in [0, 0.1) is 0 Å². The summed E-state index contributed by atoms with van der Waals surface area (Å²) in [6, 6.07) is 6.61. The third-order valence-electron chi connectivity index (χ3n) is 2.44. The first-order chi connectivity index (χ1) is 8.04. The molecule has 17 heavy (non-hydrogen) atoms. The highest BCUT2D eigenvalue weighted by atomic mass is 32.2. The average molecular weight is 254 g/mol. The maximum atomic E-state index is 10.6. The molecule has 0 bridgehead atoms. The lowest BCUT2D eigenvalue weighted by atomic mass is 10.0. The van der Waals surface area contributed by atoms with E-state index in [1.165, 1.54) is 4.90 Å². The number of benzene rings is 1. The summed E-state index contributed by atoms with van der Waals surface area (Å²) in [5, 5.41) is 8.71. The zero-order valence-corrected chi connectivity index (χ0v) is 10.6. The van der Waals surface area contributed by atoms with Gasteiger partial charge in [-0.1, -0.05) is 19.1 Å². The Labute approximate surface area is 105 Å². The SMILES string of the molecule is CCSc1ccc(C(N)CC(N)C(=O)O)cc1. The normalized spacial score (nSPS) is 14.3. The Bertz CT molecular complexity index is 367. The number of hydrogen-bond donors (Lipinski definition) is 3. The van der Waals surface area contributed by atoms with E-state index in [1.54, 1.807) is 11.8 Å². The average Bonchev–Trinajstić information content (AvgIpc) is 2.30. The number of carbonyl (C=O) groups is 1. The molecule has 94 valence electrons. The monoisotopic (exact) mass is 254 g/mol. The third-order valence-corrected chi connectivity index (χ3v) is 3.34. The molecule has 5 N–H and O–H groups in total. The van der Waals surface area contributed by atoms with Crippen LogP contribution in [-0.2, 0) is 4.79 Å². The molecule has 0 heterocycles. The van der Waals surface area contributed by atoms with E-state index >= 15 is 0 Å². The van der Waals surface area contributed by atoms with Crippen LogP contribution < -0.4 is 11.5 Å². The van der Waals surface area contributed by atoms with Gasteiger partial charge in [-0.3, -0.25) is 4.79 Å². The largest absolute Gasteiger partial charge is 0.480 e. The van der Waals surface area contributed by atoms with E-state index < -0.39 is 12.0 Å². The second-order valence-corrected chi connectivity index (χ2v) is 5.13. The molecule has 0 saturated carbocycles. The predicted octanol–water partition coefficient (Wildman–Crippen LogP) is 1.60. The maximum Gasteiger partial charge on any atom is 0.320 e. The van der Waals surface area contributed by atoms with Gasteiger partial charge in [0.2, 0.25) is 0 Å². The molecule has 4 nitrogen and oxygen atoms in total. The van der Waals surface area contributed by atoms with E-state index in [1.807, 2.05) is 24.3 Å². The molecule has 0 saturated heterocycles. The first-order valence-corrected chi connectivity index (χ1v) is 6.50. The molecule has 0 fully saturated rings. The number of hydrogen-bond acceptors (Lipinski definition) is 4. The van der Waals surface area contributed by atoms with Crippen molar-refractivity contribution in [2.75, 3.05) is 5.75 Å². The quantitative estimate of drug-likeness (QED) is 0.671. The van der Waals surface area contributed by atoms with Gasteiger partial charge in [-0.25, -0.2) is 0 Å². The van der Waals surface area contributed by atoms with E-state index in [-0.39, 0.29) is 12.5 Å². The lowest BCUT2D eigenvalue weighted by Crippen LogP contribution is -2.33. The Morgan fingerprint density at radius 3 is 2.41 bits per heavy atom. The van der Waals surface area contributed by atoms with E-state index in [9.17, 15) is 4.79 Å². The number of rotatable bonds is 6. The van der Waals surface area contributed by atoms with E-state index in [4.69, 9.17) is 16.6 Å². The molecule has 2 atom stereocenters. The van der Waals surface area contributed by atoms with Gasteiger partial charge in [-0.2, -0.15) is 0 Å². The van der Waals surface area contributed by atoms with Crippen LogP contribution in [-0.4, -0.2) is 22.9 Å². The molecule has 1 aromatic rings. The van der Waals surface area contributed by atoms with Crippen LogP contribution in [0.1, 0.15) is 24.9 Å². The van der Waals surface area contributed by atoms with Gasteiger partial charge < -0.3 is 16.6 Å². The van der Waals surface area contributed by atoms with E-state index in [0.29, 0.717) is 0 Å². The Kier molecular flexibility index (Phi) is 5.47. The van der Waals surface area contributed by atoms with Gasteiger partial charge in [-0.15, -0.1) is 11.8 Å². The minimum absolute atomic E-state index is 0.246. The smallest absolute Gasteiger partial charge is 0.320 e. The first kappa shape index (κ1) is 14.0. The Morgan fingerprint density at radius 2 is 1.94 bits per heavy atom. The molecule has 0 aliphatic heterocycles. The molecule has 0 aliphatic carbocycles. The molecule has 2 unspecified atom stereocenters. The van der Waals surface area contributed by atoms with Gasteiger partial charge >= 0.3 is 5.97 Å². The topological polar surface area (TPSA) is 89.3 Å². The number of thioether (sulfide) groups is 1. The van der Waals surface area contributed by atoms with Crippen LogP contribution in [0.3, 0.4) is 0 Å². The van der Waals surface area contributed by atoms with Crippen molar-refractivity contribution in [3.05, 3.63) is 29.8 Å². The van der Waals surface area contributed by atoms with Crippen molar-refractivity contribution in [2.24, 2.45) is 11.5 Å². The predicted molar refractivity (Wildman–Crippen MR) is 70.0 cm³/mol. The number of nitrogens with two attached hydrogens (primary N) is 2. The standard InChI is InChI=1S/C12H18N2O2S/c1-2-17-9-5-3-8(4-6-9)10(13)7-11(14)12(15)16/h3-6,10-11H,2,7,13-14H2,1H3,(H,15,16). The van der Waals surface area contributed by atoms with Gasteiger partial charge in [0.25, 0.3) is 0 Å². The number of carboxylic acids is 1. The van der Waals surface area contributed by atoms with Crippen LogP contribution in [0.15, 0.2) is 29.2 Å². The lowest BCUT2D eigenvalue weighted by Gasteiger charge is -2.15. The molecule has 0 aliphatic rings. The Balaban J connectivity index is 2.63. The van der Waals surface area contributed by atoms with Crippen molar-refractivity contribution in [2.45, 2.75) is 30.3 Å². The fourth-order valence-electron chi connectivity index (χ4n) is 1.49. The summed E-state index contributed by atoms with van der Waals surface area (Å²) in [6.07, 6.45) is 0.246. The van der Waals surface area contributed by atoms with Gasteiger partial charge in [0.05, 0.1) is 0 Å². The van der Waals surface area contributed by atoms with E-state index in [2.05, 4.69) is 6.92 Å². The van der Waals surface area contributed by atoms with Crippen LogP contribution in [0.5, 0.6) is 0 Å². The fourth-order valence-corrected chi connectivity index (χ4v) is 2.15. The molecule has 1 aromatic carbocycles. The van der Waals surface area contributed by atoms with Crippen molar-refractivity contribution in [3.63, 3.8) is 0 Å².